The highest BCUT2D eigenvalue weighted by molar-refractivity contribution is 7.12. The van der Waals surface area contributed by atoms with Crippen molar-refractivity contribution in [1.82, 2.24) is 14.7 Å². The summed E-state index contributed by atoms with van der Waals surface area (Å²) in [6.45, 7) is 7.69. The normalized spacial score (nSPS) is 15.3. The fraction of sp³-hybridized carbons (Fsp3) is 0.448. The lowest BCUT2D eigenvalue weighted by atomic mass is 9.84. The lowest BCUT2D eigenvalue weighted by molar-refractivity contribution is -0.143. The van der Waals surface area contributed by atoms with Crippen molar-refractivity contribution in [3.63, 3.8) is 0 Å². The number of thiophene rings is 1. The van der Waals surface area contributed by atoms with Crippen molar-refractivity contribution in [2.75, 3.05) is 13.2 Å². The molecule has 1 aromatic carbocycles. The van der Waals surface area contributed by atoms with E-state index in [0.29, 0.717) is 16.0 Å². The standard InChI is InChI=1S/C29H31F3N4O4S/c1-5-39-25(37)11-8-12-36-16-23(26(34-36)29(30,31)32)20-10-7-6-9-19(20)22-15-35(27(38)40-28(2,3)4)17-24-21(22)13-18(14-33)41-24/h6-7,9-10,13,16,22H,5,8,11-12,15,17H2,1-4H3/t22-/m0/s1. The second-order valence-electron chi connectivity index (χ2n) is 10.7. The van der Waals surface area contributed by atoms with Crippen molar-refractivity contribution in [3.8, 4) is 17.2 Å². The van der Waals surface area contributed by atoms with Gasteiger partial charge in [-0.25, -0.2) is 4.79 Å². The Hall–Kier alpha value is -3.85. The summed E-state index contributed by atoms with van der Waals surface area (Å²) in [5, 5.41) is 13.4. The first-order chi connectivity index (χ1) is 19.3. The largest absolute Gasteiger partial charge is 0.466 e. The summed E-state index contributed by atoms with van der Waals surface area (Å²) in [6, 6.07) is 10.6. The van der Waals surface area contributed by atoms with Crippen LogP contribution in [0.5, 0.6) is 0 Å². The van der Waals surface area contributed by atoms with E-state index in [0.717, 1.165) is 10.4 Å². The molecule has 1 aliphatic rings. The van der Waals surface area contributed by atoms with Crippen molar-refractivity contribution in [1.29, 1.82) is 5.26 Å². The number of fused-ring (bicyclic) bond motifs is 1. The summed E-state index contributed by atoms with van der Waals surface area (Å²) in [5.74, 6) is -0.925. The molecule has 1 amide bonds. The van der Waals surface area contributed by atoms with Crippen LogP contribution in [-0.2, 0) is 33.5 Å². The highest BCUT2D eigenvalue weighted by Crippen LogP contribution is 2.44. The van der Waals surface area contributed by atoms with E-state index in [4.69, 9.17) is 9.47 Å². The predicted molar refractivity (Wildman–Crippen MR) is 146 cm³/mol. The van der Waals surface area contributed by atoms with Crippen LogP contribution in [0.1, 0.15) is 73.0 Å². The molecule has 0 bridgehead atoms. The molecule has 4 rings (SSSR count). The van der Waals surface area contributed by atoms with Gasteiger partial charge in [0.25, 0.3) is 0 Å². The lowest BCUT2D eigenvalue weighted by Crippen LogP contribution is -2.41. The molecule has 3 aromatic rings. The molecule has 0 spiro atoms. The molecule has 218 valence electrons. The number of ether oxygens (including phenoxy) is 2. The minimum Gasteiger partial charge on any atom is -0.466 e. The highest BCUT2D eigenvalue weighted by atomic mass is 32.1. The van der Waals surface area contributed by atoms with Crippen LogP contribution in [0.25, 0.3) is 11.1 Å². The van der Waals surface area contributed by atoms with Crippen LogP contribution in [-0.4, -0.2) is 45.5 Å². The molecule has 8 nitrogen and oxygen atoms in total. The van der Waals surface area contributed by atoms with Gasteiger partial charge in [0.15, 0.2) is 5.69 Å². The van der Waals surface area contributed by atoms with Crippen molar-refractivity contribution < 1.29 is 32.2 Å². The first kappa shape index (κ1) is 30.1. The Morgan fingerprint density at radius 1 is 1.17 bits per heavy atom. The maximum Gasteiger partial charge on any atom is 0.435 e. The van der Waals surface area contributed by atoms with Crippen LogP contribution in [0.2, 0.25) is 0 Å². The summed E-state index contributed by atoms with van der Waals surface area (Å²) in [6.07, 6.45) is -3.60. The predicted octanol–water partition coefficient (Wildman–Crippen LogP) is 6.73. The molecular weight excluding hydrogens is 557 g/mol. The number of aromatic nitrogens is 2. The molecular formula is C29H31F3N4O4S. The van der Waals surface area contributed by atoms with Gasteiger partial charge in [0.2, 0.25) is 0 Å². The Balaban J connectivity index is 1.75. The summed E-state index contributed by atoms with van der Waals surface area (Å²) in [4.78, 5) is 27.5. The second-order valence-corrected chi connectivity index (χ2v) is 11.8. The number of esters is 1. The first-order valence-corrected chi connectivity index (χ1v) is 14.0. The Morgan fingerprint density at radius 2 is 1.90 bits per heavy atom. The van der Waals surface area contributed by atoms with Gasteiger partial charge in [-0.2, -0.15) is 23.5 Å². The first-order valence-electron chi connectivity index (χ1n) is 13.2. The zero-order chi connectivity index (χ0) is 29.9. The van der Waals surface area contributed by atoms with Crippen LogP contribution in [0.15, 0.2) is 36.5 Å². The number of benzene rings is 1. The van der Waals surface area contributed by atoms with E-state index >= 15 is 0 Å². The third kappa shape index (κ3) is 7.08. The number of halogens is 3. The maximum atomic E-state index is 14.2. The van der Waals surface area contributed by atoms with E-state index in [1.165, 1.54) is 27.1 Å². The fourth-order valence-corrected chi connectivity index (χ4v) is 5.85. The van der Waals surface area contributed by atoms with Crippen molar-refractivity contribution in [3.05, 3.63) is 63.1 Å². The second kappa shape index (κ2) is 11.9. The number of alkyl halides is 3. The number of rotatable bonds is 7. The lowest BCUT2D eigenvalue weighted by Gasteiger charge is -2.35. The Labute approximate surface area is 240 Å². The average molecular weight is 589 g/mol. The van der Waals surface area contributed by atoms with Crippen LogP contribution in [0, 0.1) is 11.3 Å². The maximum absolute atomic E-state index is 14.2. The minimum atomic E-state index is -4.73. The summed E-state index contributed by atoms with van der Waals surface area (Å²) in [5.41, 5.74) is -0.181. The number of aryl methyl sites for hydroxylation is 1. The number of carbonyl (C=O) groups is 2. The Morgan fingerprint density at radius 3 is 2.56 bits per heavy atom. The topological polar surface area (TPSA) is 97.5 Å². The Bertz CT molecular complexity index is 1470. The molecule has 0 saturated heterocycles. The molecule has 0 aliphatic carbocycles. The molecule has 0 fully saturated rings. The molecule has 0 saturated carbocycles. The third-order valence-corrected chi connectivity index (χ3v) is 7.49. The zero-order valence-corrected chi connectivity index (χ0v) is 24.1. The average Bonchev–Trinajstić information content (AvgIpc) is 3.51. The summed E-state index contributed by atoms with van der Waals surface area (Å²) in [7, 11) is 0. The summed E-state index contributed by atoms with van der Waals surface area (Å²) >= 11 is 1.26. The third-order valence-electron chi connectivity index (χ3n) is 6.45. The smallest absolute Gasteiger partial charge is 0.435 e. The van der Waals surface area contributed by atoms with Gasteiger partial charge in [0.1, 0.15) is 16.5 Å². The van der Waals surface area contributed by atoms with Gasteiger partial charge >= 0.3 is 18.2 Å². The molecule has 0 unspecified atom stereocenters. The van der Waals surface area contributed by atoms with Crippen LogP contribution in [0.4, 0.5) is 18.0 Å². The number of hydrogen-bond donors (Lipinski definition) is 0. The molecule has 12 heteroatoms. The number of amides is 1. The number of hydrogen-bond acceptors (Lipinski definition) is 7. The van der Waals surface area contributed by atoms with Gasteiger partial charge in [-0.3, -0.25) is 9.48 Å². The van der Waals surface area contributed by atoms with E-state index in [-0.39, 0.29) is 44.6 Å². The number of carbonyl (C=O) groups excluding carboxylic acids is 2. The SMILES string of the molecule is CCOC(=O)CCCn1cc(-c2ccccc2[C@@H]2CN(C(=O)OC(C)(C)C)Cc3sc(C#N)cc32)c(C(F)(F)F)n1. The summed E-state index contributed by atoms with van der Waals surface area (Å²) < 4.78 is 54.4. The van der Waals surface area contributed by atoms with Gasteiger partial charge < -0.3 is 14.4 Å². The van der Waals surface area contributed by atoms with Gasteiger partial charge in [-0.1, -0.05) is 24.3 Å². The van der Waals surface area contributed by atoms with E-state index in [1.54, 1.807) is 58.0 Å². The fourth-order valence-electron chi connectivity index (χ4n) is 4.81. The molecule has 3 heterocycles. The van der Waals surface area contributed by atoms with Crippen molar-refractivity contribution >= 4 is 23.4 Å². The molecule has 1 atom stereocenters. The molecule has 1 aliphatic heterocycles. The van der Waals surface area contributed by atoms with Crippen molar-refractivity contribution in [2.45, 2.75) is 71.3 Å². The van der Waals surface area contributed by atoms with Crippen LogP contribution >= 0.6 is 11.3 Å². The van der Waals surface area contributed by atoms with Crippen LogP contribution in [0.3, 0.4) is 0 Å². The van der Waals surface area contributed by atoms with E-state index in [1.807, 2.05) is 0 Å². The van der Waals surface area contributed by atoms with Gasteiger partial charge in [-0.05, 0) is 56.9 Å². The van der Waals surface area contributed by atoms with Crippen molar-refractivity contribution in [2.24, 2.45) is 0 Å². The number of nitriles is 1. The molecule has 0 radical (unpaired) electrons. The van der Waals surface area contributed by atoms with Gasteiger partial charge in [0.05, 0.1) is 13.2 Å². The van der Waals surface area contributed by atoms with Gasteiger partial charge in [0, 0.05) is 42.1 Å². The Kier molecular flexibility index (Phi) is 8.77. The van der Waals surface area contributed by atoms with Crippen LogP contribution < -0.4 is 0 Å². The van der Waals surface area contributed by atoms with Gasteiger partial charge in [-0.15, -0.1) is 11.3 Å². The zero-order valence-electron chi connectivity index (χ0n) is 23.2. The monoisotopic (exact) mass is 588 g/mol. The molecule has 41 heavy (non-hydrogen) atoms. The molecule has 0 N–H and O–H groups in total. The molecule has 2 aromatic heterocycles. The quantitative estimate of drug-likeness (QED) is 0.284. The highest BCUT2D eigenvalue weighted by Gasteiger charge is 2.40. The minimum absolute atomic E-state index is 0.0612. The van der Waals surface area contributed by atoms with E-state index in [2.05, 4.69) is 11.2 Å². The number of nitrogens with zero attached hydrogens (tertiary/aromatic N) is 4. The van der Waals surface area contributed by atoms with E-state index < -0.39 is 35.5 Å². The van der Waals surface area contributed by atoms with E-state index in [9.17, 15) is 28.0 Å².